The number of aromatic nitrogens is 1. The zero-order valence-corrected chi connectivity index (χ0v) is 15.4. The number of nitrogens with one attached hydrogen (secondary N) is 2. The molecule has 6 heteroatoms. The quantitative estimate of drug-likeness (QED) is 0.819. The first-order valence-corrected chi connectivity index (χ1v) is 9.16. The fourth-order valence-corrected chi connectivity index (χ4v) is 3.00. The second-order valence-corrected chi connectivity index (χ2v) is 6.62. The molecule has 138 valence electrons. The van der Waals surface area contributed by atoms with Crippen molar-refractivity contribution in [1.29, 1.82) is 0 Å². The molecular weight excluding hydrogens is 328 g/mol. The third-order valence-corrected chi connectivity index (χ3v) is 4.57. The lowest BCUT2D eigenvalue weighted by Gasteiger charge is -2.32. The summed E-state index contributed by atoms with van der Waals surface area (Å²) in [5.74, 6) is 1.55. The predicted octanol–water partition coefficient (Wildman–Crippen LogP) is 4.63. The van der Waals surface area contributed by atoms with E-state index < -0.39 is 6.09 Å². The third-order valence-electron chi connectivity index (χ3n) is 4.57. The maximum Gasteiger partial charge on any atom is 0.411 e. The van der Waals surface area contributed by atoms with Crippen LogP contribution in [0, 0.1) is 5.92 Å². The Hall–Kier alpha value is -2.76. The smallest absolute Gasteiger partial charge is 0.411 e. The summed E-state index contributed by atoms with van der Waals surface area (Å²) in [6.45, 7) is 6.69. The van der Waals surface area contributed by atoms with Gasteiger partial charge in [0.05, 0.1) is 18.5 Å². The molecule has 0 spiro atoms. The van der Waals surface area contributed by atoms with Crippen LogP contribution < -0.4 is 15.5 Å². The summed E-state index contributed by atoms with van der Waals surface area (Å²) in [6.07, 6.45) is 3.65. The zero-order valence-electron chi connectivity index (χ0n) is 15.4. The van der Waals surface area contributed by atoms with Crippen LogP contribution in [-0.2, 0) is 4.74 Å². The average molecular weight is 354 g/mol. The first kappa shape index (κ1) is 18.0. The molecule has 26 heavy (non-hydrogen) atoms. The highest BCUT2D eigenvalue weighted by Gasteiger charge is 2.15. The Bertz CT molecular complexity index is 708. The second-order valence-electron chi connectivity index (χ2n) is 6.62. The van der Waals surface area contributed by atoms with E-state index in [1.165, 1.54) is 18.5 Å². The van der Waals surface area contributed by atoms with Crippen molar-refractivity contribution < 1.29 is 9.53 Å². The molecule has 1 saturated heterocycles. The van der Waals surface area contributed by atoms with Crippen molar-refractivity contribution >= 4 is 29.0 Å². The Morgan fingerprint density at radius 3 is 2.46 bits per heavy atom. The van der Waals surface area contributed by atoms with Gasteiger partial charge in [0.2, 0.25) is 0 Å². The number of benzene rings is 1. The Morgan fingerprint density at radius 2 is 1.85 bits per heavy atom. The van der Waals surface area contributed by atoms with Gasteiger partial charge in [0.15, 0.2) is 0 Å². The highest BCUT2D eigenvalue weighted by molar-refractivity contribution is 5.84. The van der Waals surface area contributed by atoms with Crippen molar-refractivity contribution in [3.63, 3.8) is 0 Å². The summed E-state index contributed by atoms with van der Waals surface area (Å²) in [5.41, 5.74) is 2.85. The number of ether oxygens (including phenoxy) is 1. The van der Waals surface area contributed by atoms with E-state index in [4.69, 9.17) is 4.74 Å². The van der Waals surface area contributed by atoms with Gasteiger partial charge in [-0.05, 0) is 62.1 Å². The number of rotatable bonds is 5. The van der Waals surface area contributed by atoms with Crippen LogP contribution in [0.15, 0.2) is 42.6 Å². The molecule has 3 rings (SSSR count). The zero-order chi connectivity index (χ0) is 18.4. The van der Waals surface area contributed by atoms with E-state index in [1.54, 1.807) is 19.2 Å². The Morgan fingerprint density at radius 1 is 1.15 bits per heavy atom. The fourth-order valence-electron chi connectivity index (χ4n) is 3.00. The molecule has 2 aromatic rings. The van der Waals surface area contributed by atoms with Crippen LogP contribution in [0.25, 0.3) is 0 Å². The van der Waals surface area contributed by atoms with Crippen LogP contribution in [0.4, 0.5) is 27.7 Å². The Balaban J connectivity index is 1.56. The van der Waals surface area contributed by atoms with E-state index in [2.05, 4.69) is 51.7 Å². The molecule has 1 aromatic heterocycles. The molecule has 0 saturated carbocycles. The van der Waals surface area contributed by atoms with Gasteiger partial charge in [-0.15, -0.1) is 0 Å². The average Bonchev–Trinajstić information content (AvgIpc) is 2.65. The lowest BCUT2D eigenvalue weighted by Crippen LogP contribution is -2.32. The summed E-state index contributed by atoms with van der Waals surface area (Å²) in [7, 11) is 0. The highest BCUT2D eigenvalue weighted by atomic mass is 16.5. The molecule has 1 amide bonds. The van der Waals surface area contributed by atoms with Crippen LogP contribution >= 0.6 is 0 Å². The monoisotopic (exact) mass is 354 g/mol. The standard InChI is InChI=1S/C20H26N4O2/c1-3-26-20(25)23-17-6-9-19(21-14-17)22-16-4-7-18(8-5-16)24-12-10-15(2)11-13-24/h4-9,14-15H,3,10-13H2,1-2H3,(H,21,22)(H,23,25). The van der Waals surface area contributed by atoms with Crippen molar-refractivity contribution in [2.75, 3.05) is 35.2 Å². The van der Waals surface area contributed by atoms with Crippen LogP contribution in [0.1, 0.15) is 26.7 Å². The molecule has 0 unspecified atom stereocenters. The molecule has 6 nitrogen and oxygen atoms in total. The molecule has 0 radical (unpaired) electrons. The third kappa shape index (κ3) is 4.88. The van der Waals surface area contributed by atoms with Gasteiger partial charge in [-0.1, -0.05) is 6.92 Å². The van der Waals surface area contributed by atoms with E-state index in [9.17, 15) is 4.79 Å². The molecule has 1 aliphatic rings. The predicted molar refractivity (Wildman–Crippen MR) is 105 cm³/mol. The number of hydrogen-bond acceptors (Lipinski definition) is 5. The van der Waals surface area contributed by atoms with E-state index in [1.807, 2.05) is 6.07 Å². The molecule has 0 bridgehead atoms. The molecular formula is C20H26N4O2. The lowest BCUT2D eigenvalue weighted by atomic mass is 9.99. The minimum Gasteiger partial charge on any atom is -0.450 e. The number of pyridine rings is 1. The minimum absolute atomic E-state index is 0.339. The molecule has 1 aromatic carbocycles. The summed E-state index contributed by atoms with van der Waals surface area (Å²) < 4.78 is 4.84. The number of amides is 1. The van der Waals surface area contributed by atoms with Gasteiger partial charge >= 0.3 is 6.09 Å². The lowest BCUT2D eigenvalue weighted by molar-refractivity contribution is 0.168. The summed E-state index contributed by atoms with van der Waals surface area (Å²) in [6, 6.07) is 12.0. The van der Waals surface area contributed by atoms with Gasteiger partial charge in [0, 0.05) is 24.5 Å². The van der Waals surface area contributed by atoms with Crippen molar-refractivity contribution in [1.82, 2.24) is 4.98 Å². The van der Waals surface area contributed by atoms with E-state index in [-0.39, 0.29) is 0 Å². The second kappa shape index (κ2) is 8.56. The Kier molecular flexibility index (Phi) is 5.94. The van der Waals surface area contributed by atoms with Crippen LogP contribution in [0.3, 0.4) is 0 Å². The molecule has 1 aliphatic heterocycles. The normalized spacial score (nSPS) is 14.8. The van der Waals surface area contributed by atoms with Crippen molar-refractivity contribution in [2.24, 2.45) is 5.92 Å². The van der Waals surface area contributed by atoms with Crippen LogP contribution in [-0.4, -0.2) is 30.8 Å². The fraction of sp³-hybridized carbons (Fsp3) is 0.400. The molecule has 2 heterocycles. The molecule has 1 fully saturated rings. The topological polar surface area (TPSA) is 66.5 Å². The maximum atomic E-state index is 11.4. The van der Waals surface area contributed by atoms with Gasteiger partial charge in [-0.25, -0.2) is 9.78 Å². The molecule has 2 N–H and O–H groups in total. The van der Waals surface area contributed by atoms with Gasteiger partial charge in [0.25, 0.3) is 0 Å². The maximum absolute atomic E-state index is 11.4. The molecule has 0 atom stereocenters. The number of carbonyl (C=O) groups excluding carboxylic acids is 1. The first-order valence-electron chi connectivity index (χ1n) is 9.16. The molecule has 0 aliphatic carbocycles. The van der Waals surface area contributed by atoms with Crippen molar-refractivity contribution in [3.05, 3.63) is 42.6 Å². The van der Waals surface area contributed by atoms with Crippen LogP contribution in [0.5, 0.6) is 0 Å². The van der Waals surface area contributed by atoms with E-state index >= 15 is 0 Å². The number of nitrogens with zero attached hydrogens (tertiary/aromatic N) is 2. The number of carbonyl (C=O) groups is 1. The first-order chi connectivity index (χ1) is 12.6. The van der Waals surface area contributed by atoms with Crippen molar-refractivity contribution in [3.8, 4) is 0 Å². The summed E-state index contributed by atoms with van der Waals surface area (Å²) in [5, 5.41) is 5.90. The van der Waals surface area contributed by atoms with Gasteiger partial charge < -0.3 is 15.0 Å². The van der Waals surface area contributed by atoms with Crippen molar-refractivity contribution in [2.45, 2.75) is 26.7 Å². The number of anilines is 4. The van der Waals surface area contributed by atoms with Gasteiger partial charge in [-0.3, -0.25) is 5.32 Å². The summed E-state index contributed by atoms with van der Waals surface area (Å²) >= 11 is 0. The van der Waals surface area contributed by atoms with E-state index in [0.717, 1.165) is 30.5 Å². The summed E-state index contributed by atoms with van der Waals surface area (Å²) in [4.78, 5) is 18.1. The van der Waals surface area contributed by atoms with Crippen LogP contribution in [0.2, 0.25) is 0 Å². The number of piperidine rings is 1. The highest BCUT2D eigenvalue weighted by Crippen LogP contribution is 2.25. The van der Waals surface area contributed by atoms with Gasteiger partial charge in [-0.2, -0.15) is 0 Å². The van der Waals surface area contributed by atoms with Gasteiger partial charge in [0.1, 0.15) is 5.82 Å². The minimum atomic E-state index is -0.474. The number of hydrogen-bond donors (Lipinski definition) is 2. The SMILES string of the molecule is CCOC(=O)Nc1ccc(Nc2ccc(N3CCC(C)CC3)cc2)nc1. The van der Waals surface area contributed by atoms with E-state index in [0.29, 0.717) is 12.3 Å². The largest absolute Gasteiger partial charge is 0.450 e. The Labute approximate surface area is 154 Å².